The maximum absolute atomic E-state index is 14.7. The molecule has 50 heavy (non-hydrogen) atoms. The summed E-state index contributed by atoms with van der Waals surface area (Å²) in [5.74, 6) is -1.16. The first-order valence-electron chi connectivity index (χ1n) is 16.0. The Bertz CT molecular complexity index is 2470. The molecule has 10 nitrogen and oxygen atoms in total. The molecule has 0 saturated heterocycles. The second kappa shape index (κ2) is 12.2. The van der Waals surface area contributed by atoms with Gasteiger partial charge in [0.1, 0.15) is 18.0 Å². The number of para-hydroxylation sites is 2. The molecule has 0 bridgehead atoms. The number of esters is 2. The summed E-state index contributed by atoms with van der Waals surface area (Å²) in [4.78, 5) is 40.7. The molecular weight excluding hydrogens is 632 g/mol. The predicted octanol–water partition coefficient (Wildman–Crippen LogP) is 7.50. The summed E-state index contributed by atoms with van der Waals surface area (Å²) in [5, 5.41) is 17.1. The number of nitroso groups, excluding NO2 is 1. The van der Waals surface area contributed by atoms with E-state index in [9.17, 15) is 19.7 Å². The smallest absolute Gasteiger partial charge is 0.338 e. The maximum Gasteiger partial charge on any atom is 0.338 e. The van der Waals surface area contributed by atoms with Crippen molar-refractivity contribution >= 4 is 57.3 Å². The number of benzene rings is 4. The van der Waals surface area contributed by atoms with Gasteiger partial charge in [-0.2, -0.15) is 0 Å². The van der Waals surface area contributed by atoms with E-state index in [0.717, 1.165) is 21.8 Å². The number of carbonyl (C=O) groups is 2. The number of hydroxylamine groups is 2. The lowest BCUT2D eigenvalue weighted by molar-refractivity contribution is -0.402. The number of carbonyl (C=O) groups excluding carboxylic acids is 2. The van der Waals surface area contributed by atoms with Crippen molar-refractivity contribution in [2.24, 2.45) is 14.1 Å². The third-order valence-corrected chi connectivity index (χ3v) is 9.24. The van der Waals surface area contributed by atoms with Crippen LogP contribution in [0.2, 0.25) is 0 Å². The van der Waals surface area contributed by atoms with Crippen molar-refractivity contribution in [1.29, 1.82) is 0 Å². The summed E-state index contributed by atoms with van der Waals surface area (Å²) in [7, 11) is 3.70. The van der Waals surface area contributed by atoms with E-state index in [-0.39, 0.29) is 36.0 Å². The first-order chi connectivity index (χ1) is 24.3. The zero-order valence-electron chi connectivity index (χ0n) is 27.2. The summed E-state index contributed by atoms with van der Waals surface area (Å²) in [6.07, 6.45) is 3.43. The van der Waals surface area contributed by atoms with E-state index >= 15 is 0 Å². The number of fused-ring (bicyclic) bond motifs is 6. The minimum absolute atomic E-state index is 0.0779. The van der Waals surface area contributed by atoms with Gasteiger partial charge in [0.25, 0.3) is 5.70 Å². The number of ether oxygens (including phenoxy) is 2. The van der Waals surface area contributed by atoms with Crippen LogP contribution in [0.5, 0.6) is 0 Å². The lowest BCUT2D eigenvalue weighted by atomic mass is 9.97. The molecule has 0 unspecified atom stereocenters. The summed E-state index contributed by atoms with van der Waals surface area (Å²) in [6, 6.07) is 32.5. The summed E-state index contributed by atoms with van der Waals surface area (Å²) >= 11 is 0. The van der Waals surface area contributed by atoms with Crippen LogP contribution in [0.1, 0.15) is 43.2 Å². The number of nitrogens with zero attached hydrogens (tertiary/aromatic N) is 4. The topological polar surface area (TPSA) is 109 Å². The SMILES string of the molecule is Cn1c2c(c3ccccc31)C=C(COC(=O)c1ccccc1)N([O-])C2=C1c2c(c3ccccc3n2C)C=C(COC(=O)c2ccccc2)[N+]1=O. The molecule has 0 N–H and O–H groups in total. The summed E-state index contributed by atoms with van der Waals surface area (Å²) in [5.41, 5.74) is 5.30. The molecule has 6 aromatic rings. The summed E-state index contributed by atoms with van der Waals surface area (Å²) < 4.78 is 15.8. The molecule has 0 radical (unpaired) electrons. The Morgan fingerprint density at radius 2 is 1.12 bits per heavy atom. The third-order valence-electron chi connectivity index (χ3n) is 9.24. The fraction of sp³-hybridized carbons (Fsp3) is 0.100. The van der Waals surface area contributed by atoms with Crippen LogP contribution < -0.4 is 0 Å². The van der Waals surface area contributed by atoms with Gasteiger partial charge in [-0.05, 0) is 42.5 Å². The van der Waals surface area contributed by atoms with E-state index in [2.05, 4.69) is 0 Å². The van der Waals surface area contributed by atoms with Crippen molar-refractivity contribution in [3.05, 3.63) is 164 Å². The normalized spacial score (nSPS) is 15.4. The number of hydrogen-bond donors (Lipinski definition) is 0. The van der Waals surface area contributed by atoms with Gasteiger partial charge in [0.2, 0.25) is 0 Å². The molecule has 246 valence electrons. The molecule has 0 amide bonds. The maximum atomic E-state index is 14.7. The van der Waals surface area contributed by atoms with Gasteiger partial charge in [0, 0.05) is 63.7 Å². The zero-order chi connectivity index (χ0) is 34.5. The molecule has 2 aliphatic heterocycles. The monoisotopic (exact) mass is 662 g/mol. The number of aromatic nitrogens is 2. The molecule has 0 spiro atoms. The highest BCUT2D eigenvalue weighted by molar-refractivity contribution is 6.05. The van der Waals surface area contributed by atoms with Crippen LogP contribution >= 0.6 is 0 Å². The van der Waals surface area contributed by atoms with Crippen LogP contribution in [0, 0.1) is 10.1 Å². The van der Waals surface area contributed by atoms with E-state index in [4.69, 9.17) is 9.47 Å². The van der Waals surface area contributed by atoms with Crippen molar-refractivity contribution in [2.45, 2.75) is 0 Å². The fourth-order valence-electron chi connectivity index (χ4n) is 6.85. The Balaban J connectivity index is 1.31. The first kappa shape index (κ1) is 30.8. The van der Waals surface area contributed by atoms with Crippen LogP contribution in [-0.4, -0.2) is 44.1 Å². The van der Waals surface area contributed by atoms with Gasteiger partial charge in [-0.15, -0.1) is 0 Å². The lowest BCUT2D eigenvalue weighted by Crippen LogP contribution is -2.29. The van der Waals surface area contributed by atoms with Gasteiger partial charge in [-0.25, -0.2) is 9.59 Å². The van der Waals surface area contributed by atoms with Crippen molar-refractivity contribution in [3.63, 3.8) is 0 Å². The minimum atomic E-state index is -0.581. The molecule has 2 aromatic heterocycles. The van der Waals surface area contributed by atoms with Gasteiger partial charge in [0.05, 0.1) is 21.6 Å². The Kier molecular flexibility index (Phi) is 7.50. The average Bonchev–Trinajstić information content (AvgIpc) is 3.60. The Morgan fingerprint density at radius 1 is 0.640 bits per heavy atom. The van der Waals surface area contributed by atoms with Crippen molar-refractivity contribution in [2.75, 3.05) is 13.2 Å². The highest BCUT2D eigenvalue weighted by Gasteiger charge is 2.43. The average molecular weight is 663 g/mol. The van der Waals surface area contributed by atoms with Crippen LogP contribution in [0.3, 0.4) is 0 Å². The first-order valence-corrected chi connectivity index (χ1v) is 16.0. The fourth-order valence-corrected chi connectivity index (χ4v) is 6.85. The Labute approximate surface area is 286 Å². The zero-order valence-corrected chi connectivity index (χ0v) is 27.2. The van der Waals surface area contributed by atoms with Crippen molar-refractivity contribution < 1.29 is 23.8 Å². The number of aryl methyl sites for hydroxylation is 2. The predicted molar refractivity (Wildman–Crippen MR) is 191 cm³/mol. The highest BCUT2D eigenvalue weighted by Crippen LogP contribution is 2.46. The Morgan fingerprint density at radius 3 is 1.70 bits per heavy atom. The standard InChI is InChI=1S/C40H30N4O6/c1-41-33-19-11-9-17-29(33)31-21-27(23-49-39(45)25-13-5-3-6-14-25)43(47)37(35(31)41)38-36-32(30-18-10-12-20-34(30)42(36)2)22-28(44(38)48)24-50-40(46)26-15-7-4-8-16-26/h3-22H,23-24H2,1-2H3. The molecule has 4 aromatic carbocycles. The van der Waals surface area contributed by atoms with Gasteiger partial charge in [0.15, 0.2) is 6.61 Å². The van der Waals surface area contributed by atoms with E-state index in [0.29, 0.717) is 43.5 Å². The molecule has 4 heterocycles. The highest BCUT2D eigenvalue weighted by atomic mass is 16.5. The van der Waals surface area contributed by atoms with Crippen molar-refractivity contribution in [3.8, 4) is 0 Å². The van der Waals surface area contributed by atoms with Gasteiger partial charge in [-0.1, -0.05) is 72.8 Å². The van der Waals surface area contributed by atoms with E-state index in [1.165, 1.54) is 0 Å². The summed E-state index contributed by atoms with van der Waals surface area (Å²) in [6.45, 7) is -0.677. The van der Waals surface area contributed by atoms with E-state index in [1.54, 1.807) is 72.8 Å². The van der Waals surface area contributed by atoms with E-state index in [1.807, 2.05) is 71.8 Å². The third kappa shape index (κ3) is 4.92. The lowest BCUT2D eigenvalue weighted by Gasteiger charge is -2.38. The second-order valence-corrected chi connectivity index (χ2v) is 12.1. The molecule has 10 heteroatoms. The van der Waals surface area contributed by atoms with Gasteiger partial charge in [-0.3, -0.25) is 0 Å². The molecule has 0 atom stereocenters. The number of hydrogen-bond acceptors (Lipinski definition) is 7. The number of rotatable bonds is 6. The van der Waals surface area contributed by atoms with Crippen LogP contribution in [0.15, 0.2) is 121 Å². The van der Waals surface area contributed by atoms with Crippen LogP contribution in [-0.2, 0) is 23.6 Å². The van der Waals surface area contributed by atoms with Crippen LogP contribution in [0.4, 0.5) is 0 Å². The largest absolute Gasteiger partial charge is 0.754 e. The molecule has 0 saturated carbocycles. The minimum Gasteiger partial charge on any atom is -0.754 e. The molecule has 8 rings (SSSR count). The molecule has 0 fully saturated rings. The van der Waals surface area contributed by atoms with Gasteiger partial charge < -0.3 is 28.9 Å². The van der Waals surface area contributed by atoms with Crippen LogP contribution in [0.25, 0.3) is 45.4 Å². The second-order valence-electron chi connectivity index (χ2n) is 12.1. The van der Waals surface area contributed by atoms with Crippen molar-refractivity contribution in [1.82, 2.24) is 14.2 Å². The Hall–Kier alpha value is -6.52. The molecule has 0 aliphatic carbocycles. The molecular formula is C40H30N4O6. The van der Waals surface area contributed by atoms with E-state index < -0.39 is 11.9 Å². The quantitative estimate of drug-likeness (QED) is 0.134. The van der Waals surface area contributed by atoms with Gasteiger partial charge >= 0.3 is 17.6 Å². The molecule has 2 aliphatic rings.